The molecule has 0 spiro atoms. The van der Waals surface area contributed by atoms with Crippen LogP contribution in [0.15, 0.2) is 24.3 Å². The molecular formula is C18H26N2O. The average molecular weight is 286 g/mol. The maximum absolute atomic E-state index is 12.3. The summed E-state index contributed by atoms with van der Waals surface area (Å²) in [7, 11) is 0. The second-order valence-electron chi connectivity index (χ2n) is 6.67. The van der Waals surface area contributed by atoms with E-state index < -0.39 is 0 Å². The maximum Gasteiger partial charge on any atom is 0.234 e. The number of amides is 1. The number of benzene rings is 1. The molecule has 1 aromatic rings. The minimum Gasteiger partial charge on any atom is -0.352 e. The molecule has 1 heterocycles. The largest absolute Gasteiger partial charge is 0.352 e. The molecule has 3 heteroatoms. The molecule has 3 rings (SSSR count). The Morgan fingerprint density at radius 3 is 2.81 bits per heavy atom. The Morgan fingerprint density at radius 1 is 1.24 bits per heavy atom. The SMILES string of the molecule is C[C@@H]1CCCC[C@H]1NC(=O)CN1CCc2ccccc2C1. The zero-order chi connectivity index (χ0) is 14.7. The van der Waals surface area contributed by atoms with Gasteiger partial charge in [0.25, 0.3) is 0 Å². The van der Waals surface area contributed by atoms with Gasteiger partial charge >= 0.3 is 0 Å². The van der Waals surface area contributed by atoms with Gasteiger partial charge in [-0.3, -0.25) is 9.69 Å². The van der Waals surface area contributed by atoms with Gasteiger partial charge in [-0.2, -0.15) is 0 Å². The second kappa shape index (κ2) is 6.61. The second-order valence-corrected chi connectivity index (χ2v) is 6.67. The maximum atomic E-state index is 12.3. The van der Waals surface area contributed by atoms with Crippen molar-refractivity contribution in [3.63, 3.8) is 0 Å². The van der Waals surface area contributed by atoms with Gasteiger partial charge in [0.15, 0.2) is 0 Å². The van der Waals surface area contributed by atoms with Gasteiger partial charge in [0, 0.05) is 19.1 Å². The van der Waals surface area contributed by atoms with E-state index in [1.165, 1.54) is 30.4 Å². The number of hydrogen-bond acceptors (Lipinski definition) is 2. The molecule has 114 valence electrons. The third-order valence-corrected chi connectivity index (χ3v) is 5.03. The van der Waals surface area contributed by atoms with Crippen LogP contribution in [0.1, 0.15) is 43.7 Å². The fourth-order valence-corrected chi connectivity index (χ4v) is 3.68. The highest BCUT2D eigenvalue weighted by Gasteiger charge is 2.24. The van der Waals surface area contributed by atoms with Crippen molar-refractivity contribution < 1.29 is 4.79 Å². The molecule has 2 atom stereocenters. The molecule has 1 N–H and O–H groups in total. The average Bonchev–Trinajstić information content (AvgIpc) is 2.49. The number of hydrogen-bond donors (Lipinski definition) is 1. The topological polar surface area (TPSA) is 32.3 Å². The summed E-state index contributed by atoms with van der Waals surface area (Å²) in [5, 5.41) is 3.26. The van der Waals surface area contributed by atoms with Crippen molar-refractivity contribution in [2.75, 3.05) is 13.1 Å². The van der Waals surface area contributed by atoms with E-state index >= 15 is 0 Å². The Balaban J connectivity index is 1.52. The van der Waals surface area contributed by atoms with Crippen LogP contribution in [0.5, 0.6) is 0 Å². The first-order chi connectivity index (χ1) is 10.2. The molecule has 0 aromatic heterocycles. The molecule has 0 radical (unpaired) electrons. The van der Waals surface area contributed by atoms with Gasteiger partial charge in [-0.15, -0.1) is 0 Å². The summed E-state index contributed by atoms with van der Waals surface area (Å²) in [5.74, 6) is 0.831. The molecule has 3 nitrogen and oxygen atoms in total. The predicted molar refractivity (Wildman–Crippen MR) is 85.0 cm³/mol. The van der Waals surface area contributed by atoms with Crippen molar-refractivity contribution >= 4 is 5.91 Å². The molecule has 1 aromatic carbocycles. The van der Waals surface area contributed by atoms with E-state index in [0.717, 1.165) is 25.9 Å². The lowest BCUT2D eigenvalue weighted by Gasteiger charge is -2.32. The first kappa shape index (κ1) is 14.6. The highest BCUT2D eigenvalue weighted by atomic mass is 16.2. The highest BCUT2D eigenvalue weighted by Crippen LogP contribution is 2.24. The predicted octanol–water partition coefficient (Wildman–Crippen LogP) is 2.74. The summed E-state index contributed by atoms with van der Waals surface area (Å²) < 4.78 is 0. The van der Waals surface area contributed by atoms with Gasteiger partial charge in [0.2, 0.25) is 5.91 Å². The fourth-order valence-electron chi connectivity index (χ4n) is 3.68. The molecule has 0 saturated heterocycles. The first-order valence-electron chi connectivity index (χ1n) is 8.31. The zero-order valence-corrected chi connectivity index (χ0v) is 13.0. The summed E-state index contributed by atoms with van der Waals surface area (Å²) in [6.07, 6.45) is 6.03. The third kappa shape index (κ3) is 3.65. The highest BCUT2D eigenvalue weighted by molar-refractivity contribution is 5.78. The van der Waals surface area contributed by atoms with Crippen molar-refractivity contribution in [3.05, 3.63) is 35.4 Å². The number of nitrogens with one attached hydrogen (secondary N) is 1. The van der Waals surface area contributed by atoms with E-state index in [2.05, 4.69) is 41.4 Å². The van der Waals surface area contributed by atoms with Gasteiger partial charge in [-0.1, -0.05) is 44.0 Å². The molecular weight excluding hydrogens is 260 g/mol. The molecule has 1 saturated carbocycles. The molecule has 0 bridgehead atoms. The van der Waals surface area contributed by atoms with Crippen molar-refractivity contribution in [1.82, 2.24) is 10.2 Å². The molecule has 0 unspecified atom stereocenters. The lowest BCUT2D eigenvalue weighted by Crippen LogP contribution is -2.46. The summed E-state index contributed by atoms with van der Waals surface area (Å²) in [6.45, 7) is 4.70. The van der Waals surface area contributed by atoms with Crippen LogP contribution in [0.2, 0.25) is 0 Å². The molecule has 21 heavy (non-hydrogen) atoms. The quantitative estimate of drug-likeness (QED) is 0.926. The summed E-state index contributed by atoms with van der Waals surface area (Å²) in [5.41, 5.74) is 2.82. The van der Waals surface area contributed by atoms with Crippen LogP contribution >= 0.6 is 0 Å². The number of rotatable bonds is 3. The number of nitrogens with zero attached hydrogens (tertiary/aromatic N) is 1. The third-order valence-electron chi connectivity index (χ3n) is 5.03. The number of carbonyl (C=O) groups is 1. The Morgan fingerprint density at radius 2 is 2.00 bits per heavy atom. The van der Waals surface area contributed by atoms with E-state index in [1.807, 2.05) is 0 Å². The van der Waals surface area contributed by atoms with E-state index in [9.17, 15) is 4.79 Å². The van der Waals surface area contributed by atoms with Crippen LogP contribution in [-0.4, -0.2) is 29.9 Å². The van der Waals surface area contributed by atoms with E-state index in [4.69, 9.17) is 0 Å². The van der Waals surface area contributed by atoms with E-state index in [1.54, 1.807) is 0 Å². The van der Waals surface area contributed by atoms with Gasteiger partial charge in [0.1, 0.15) is 0 Å². The monoisotopic (exact) mass is 286 g/mol. The Hall–Kier alpha value is -1.35. The van der Waals surface area contributed by atoms with Crippen LogP contribution in [0.4, 0.5) is 0 Å². The van der Waals surface area contributed by atoms with Crippen molar-refractivity contribution in [1.29, 1.82) is 0 Å². The normalized spacial score (nSPS) is 26.1. The van der Waals surface area contributed by atoms with Crippen molar-refractivity contribution in [2.24, 2.45) is 5.92 Å². The van der Waals surface area contributed by atoms with E-state index in [-0.39, 0.29) is 5.91 Å². The van der Waals surface area contributed by atoms with Gasteiger partial charge in [-0.25, -0.2) is 0 Å². The number of fused-ring (bicyclic) bond motifs is 1. The lowest BCUT2D eigenvalue weighted by molar-refractivity contribution is -0.123. The summed E-state index contributed by atoms with van der Waals surface area (Å²) in [4.78, 5) is 14.6. The first-order valence-corrected chi connectivity index (χ1v) is 8.31. The molecule has 2 aliphatic rings. The summed E-state index contributed by atoms with van der Waals surface area (Å²) in [6, 6.07) is 8.97. The molecule has 1 fully saturated rings. The van der Waals surface area contributed by atoms with Gasteiger partial charge < -0.3 is 5.32 Å². The van der Waals surface area contributed by atoms with E-state index in [0.29, 0.717) is 18.5 Å². The smallest absolute Gasteiger partial charge is 0.234 e. The minimum absolute atomic E-state index is 0.202. The molecule has 1 aliphatic heterocycles. The standard InChI is InChI=1S/C18H26N2O/c1-14-6-2-5-9-17(14)19-18(21)13-20-11-10-15-7-3-4-8-16(15)12-20/h3-4,7-8,14,17H,2,5-6,9-13H2,1H3,(H,19,21)/t14-,17-/m1/s1. The fraction of sp³-hybridized carbons (Fsp3) is 0.611. The summed E-state index contributed by atoms with van der Waals surface area (Å²) >= 11 is 0. The zero-order valence-electron chi connectivity index (χ0n) is 13.0. The number of carbonyl (C=O) groups excluding carboxylic acids is 1. The Kier molecular flexibility index (Phi) is 4.59. The molecule has 1 amide bonds. The Bertz CT molecular complexity index is 500. The van der Waals surface area contributed by atoms with Crippen LogP contribution in [0.3, 0.4) is 0 Å². The van der Waals surface area contributed by atoms with Gasteiger partial charge in [0.05, 0.1) is 6.54 Å². The van der Waals surface area contributed by atoms with Crippen LogP contribution in [-0.2, 0) is 17.8 Å². The minimum atomic E-state index is 0.202. The van der Waals surface area contributed by atoms with Crippen LogP contribution in [0, 0.1) is 5.92 Å². The van der Waals surface area contributed by atoms with Gasteiger partial charge in [-0.05, 0) is 36.3 Å². The lowest BCUT2D eigenvalue weighted by atomic mass is 9.86. The van der Waals surface area contributed by atoms with Crippen LogP contribution in [0.25, 0.3) is 0 Å². The Labute approximate surface area is 127 Å². The molecule has 1 aliphatic carbocycles. The van der Waals surface area contributed by atoms with Crippen molar-refractivity contribution in [2.45, 2.75) is 51.6 Å². The van der Waals surface area contributed by atoms with Crippen LogP contribution < -0.4 is 5.32 Å². The van der Waals surface area contributed by atoms with Crippen molar-refractivity contribution in [3.8, 4) is 0 Å².